The van der Waals surface area contributed by atoms with E-state index in [1.165, 1.54) is 17.8 Å². The number of aromatic nitrogens is 5. The smallest absolute Gasteiger partial charge is 0.276 e. The third-order valence-electron chi connectivity index (χ3n) is 5.20. The van der Waals surface area contributed by atoms with Crippen LogP contribution in [0.3, 0.4) is 0 Å². The summed E-state index contributed by atoms with van der Waals surface area (Å²) >= 11 is 13.9. The third kappa shape index (κ3) is 4.47. The van der Waals surface area contributed by atoms with Crippen molar-refractivity contribution in [1.82, 2.24) is 24.5 Å². The Hall–Kier alpha value is -3.14. The molecule has 176 valence electrons. The van der Waals surface area contributed by atoms with Crippen LogP contribution in [0.2, 0.25) is 10.0 Å². The molecule has 0 atom stereocenters. The van der Waals surface area contributed by atoms with Gasteiger partial charge in [0, 0.05) is 28.0 Å². The van der Waals surface area contributed by atoms with Crippen molar-refractivity contribution in [1.29, 1.82) is 0 Å². The fourth-order valence-electron chi connectivity index (χ4n) is 3.59. The summed E-state index contributed by atoms with van der Waals surface area (Å²) in [4.78, 5) is 17.7. The minimum atomic E-state index is -4.54. The lowest BCUT2D eigenvalue weighted by atomic mass is 10.1. The van der Waals surface area contributed by atoms with E-state index in [0.717, 1.165) is 18.0 Å². The third-order valence-corrected chi connectivity index (χ3v) is 6.33. The SMILES string of the molecule is CSc1nc(-c2ccc(C(F)(F)F)nc2)c2nc(-c3ccccc3Cl)n(-c3ccc(Cl)cc3)c2n1. The number of hydrogen-bond donors (Lipinski definition) is 0. The average molecular weight is 532 g/mol. The quantitative estimate of drug-likeness (QED) is 0.176. The van der Waals surface area contributed by atoms with Gasteiger partial charge in [-0.05, 0) is 54.8 Å². The first-order valence-electron chi connectivity index (χ1n) is 10.1. The minimum absolute atomic E-state index is 0.363. The second kappa shape index (κ2) is 9.14. The number of benzene rings is 2. The summed E-state index contributed by atoms with van der Waals surface area (Å²) in [7, 11) is 0. The number of alkyl halides is 3. The largest absolute Gasteiger partial charge is 0.433 e. The predicted octanol–water partition coefficient (Wildman–Crippen LogP) is 7.59. The molecule has 0 aliphatic rings. The van der Waals surface area contributed by atoms with Crippen LogP contribution in [0.25, 0.3) is 39.5 Å². The molecular formula is C24H14Cl2F3N5S. The van der Waals surface area contributed by atoms with Crippen LogP contribution in [0.4, 0.5) is 13.2 Å². The van der Waals surface area contributed by atoms with Gasteiger partial charge in [-0.25, -0.2) is 15.0 Å². The van der Waals surface area contributed by atoms with E-state index < -0.39 is 11.9 Å². The van der Waals surface area contributed by atoms with Crippen molar-refractivity contribution in [3.63, 3.8) is 0 Å². The molecule has 0 saturated carbocycles. The summed E-state index contributed by atoms with van der Waals surface area (Å²) in [5, 5.41) is 1.47. The summed E-state index contributed by atoms with van der Waals surface area (Å²) in [5.74, 6) is 0.501. The van der Waals surface area contributed by atoms with Crippen molar-refractivity contribution in [2.45, 2.75) is 11.3 Å². The van der Waals surface area contributed by atoms with Crippen molar-refractivity contribution < 1.29 is 13.2 Å². The van der Waals surface area contributed by atoms with Crippen LogP contribution < -0.4 is 0 Å². The summed E-state index contributed by atoms with van der Waals surface area (Å²) in [6.45, 7) is 0. The number of hydrogen-bond acceptors (Lipinski definition) is 5. The molecule has 5 rings (SSSR count). The molecule has 3 aromatic heterocycles. The zero-order chi connectivity index (χ0) is 24.7. The number of pyridine rings is 1. The zero-order valence-electron chi connectivity index (χ0n) is 17.9. The van der Waals surface area contributed by atoms with Crippen molar-refractivity contribution in [3.05, 3.63) is 82.6 Å². The maximum absolute atomic E-state index is 13.1. The van der Waals surface area contributed by atoms with E-state index in [2.05, 4.69) is 15.0 Å². The van der Waals surface area contributed by atoms with E-state index in [1.54, 1.807) is 18.2 Å². The lowest BCUT2D eigenvalue weighted by Gasteiger charge is -2.11. The van der Waals surface area contributed by atoms with Gasteiger partial charge in [0.15, 0.2) is 10.8 Å². The zero-order valence-corrected chi connectivity index (χ0v) is 20.2. The Morgan fingerprint density at radius 3 is 2.26 bits per heavy atom. The number of nitrogens with zero attached hydrogens (tertiary/aromatic N) is 5. The molecule has 35 heavy (non-hydrogen) atoms. The Balaban J connectivity index is 1.83. The standard InChI is InChI=1S/C24H14Cl2F3N5S/c1-35-23-32-19(13-6-11-18(30-12-13)24(27,28)29)20-22(33-23)34(15-9-7-14(25)8-10-15)21(31-20)16-4-2-3-5-17(16)26/h2-12H,1H3. The summed E-state index contributed by atoms with van der Waals surface area (Å²) in [6.07, 6.45) is -1.59. The molecule has 0 N–H and O–H groups in total. The highest BCUT2D eigenvalue weighted by molar-refractivity contribution is 7.98. The first-order valence-corrected chi connectivity index (χ1v) is 12.1. The molecule has 0 spiro atoms. The summed E-state index contributed by atoms with van der Waals surface area (Å²) < 4.78 is 41.0. The van der Waals surface area contributed by atoms with Crippen LogP contribution >= 0.6 is 35.0 Å². The Kier molecular flexibility index (Phi) is 6.16. The van der Waals surface area contributed by atoms with Crippen LogP contribution in [-0.4, -0.2) is 30.8 Å². The minimum Gasteiger partial charge on any atom is -0.276 e. The monoisotopic (exact) mass is 531 g/mol. The molecular weight excluding hydrogens is 518 g/mol. The lowest BCUT2D eigenvalue weighted by molar-refractivity contribution is -0.141. The maximum Gasteiger partial charge on any atom is 0.433 e. The molecule has 3 heterocycles. The number of thioether (sulfide) groups is 1. The van der Waals surface area contributed by atoms with E-state index in [4.69, 9.17) is 28.2 Å². The topological polar surface area (TPSA) is 56.5 Å². The number of imidazole rings is 1. The number of fused-ring (bicyclic) bond motifs is 1. The van der Waals surface area contributed by atoms with Gasteiger partial charge in [-0.3, -0.25) is 9.55 Å². The first-order chi connectivity index (χ1) is 16.8. The summed E-state index contributed by atoms with van der Waals surface area (Å²) in [6, 6.07) is 16.6. The van der Waals surface area contributed by atoms with Crippen LogP contribution in [0, 0.1) is 0 Å². The Labute approximate surface area is 212 Å². The van der Waals surface area contributed by atoms with Crippen molar-refractivity contribution in [2.75, 3.05) is 6.26 Å². The van der Waals surface area contributed by atoms with Gasteiger partial charge in [0.2, 0.25) is 0 Å². The maximum atomic E-state index is 13.1. The van der Waals surface area contributed by atoms with Crippen LogP contribution in [0.1, 0.15) is 5.69 Å². The fourth-order valence-corrected chi connectivity index (χ4v) is 4.30. The van der Waals surface area contributed by atoms with E-state index in [9.17, 15) is 13.2 Å². The van der Waals surface area contributed by atoms with Gasteiger partial charge in [-0.2, -0.15) is 13.2 Å². The Bertz CT molecular complexity index is 1530. The van der Waals surface area contributed by atoms with Gasteiger partial charge >= 0.3 is 6.18 Å². The molecule has 2 aromatic carbocycles. The van der Waals surface area contributed by atoms with Gasteiger partial charge in [-0.1, -0.05) is 47.1 Å². The van der Waals surface area contributed by atoms with Crippen molar-refractivity contribution in [2.24, 2.45) is 0 Å². The predicted molar refractivity (Wildman–Crippen MR) is 132 cm³/mol. The second-order valence-corrected chi connectivity index (χ2v) is 9.01. The van der Waals surface area contributed by atoms with E-state index in [-0.39, 0.29) is 0 Å². The lowest BCUT2D eigenvalue weighted by Crippen LogP contribution is -2.07. The van der Waals surface area contributed by atoms with Gasteiger partial charge in [-0.15, -0.1) is 0 Å². The first kappa shape index (κ1) is 23.6. The second-order valence-electron chi connectivity index (χ2n) is 7.39. The molecule has 0 aliphatic carbocycles. The number of rotatable bonds is 4. The molecule has 0 unspecified atom stereocenters. The van der Waals surface area contributed by atoms with Gasteiger partial charge in [0.25, 0.3) is 0 Å². The van der Waals surface area contributed by atoms with Gasteiger partial charge in [0.05, 0.1) is 5.02 Å². The van der Waals surface area contributed by atoms with Crippen LogP contribution in [0.5, 0.6) is 0 Å². The Morgan fingerprint density at radius 2 is 1.63 bits per heavy atom. The molecule has 11 heteroatoms. The van der Waals surface area contributed by atoms with Crippen molar-refractivity contribution >= 4 is 46.1 Å². The van der Waals surface area contributed by atoms with Gasteiger partial charge in [0.1, 0.15) is 22.7 Å². The summed E-state index contributed by atoms with van der Waals surface area (Å²) in [5.41, 5.74) is 2.01. The molecule has 0 fully saturated rings. The van der Waals surface area contributed by atoms with Crippen LogP contribution in [-0.2, 0) is 6.18 Å². The van der Waals surface area contributed by atoms with Gasteiger partial charge < -0.3 is 0 Å². The average Bonchev–Trinajstić information content (AvgIpc) is 3.23. The van der Waals surface area contributed by atoms with E-state index >= 15 is 0 Å². The highest BCUT2D eigenvalue weighted by Crippen LogP contribution is 2.37. The molecule has 0 saturated heterocycles. The number of halogens is 5. The molecule has 0 bridgehead atoms. The normalized spacial score (nSPS) is 11.8. The molecule has 0 amide bonds. The van der Waals surface area contributed by atoms with Crippen LogP contribution in [0.15, 0.2) is 72.0 Å². The van der Waals surface area contributed by atoms with Crippen molar-refractivity contribution in [3.8, 4) is 28.3 Å². The molecule has 5 nitrogen and oxygen atoms in total. The molecule has 5 aromatic rings. The van der Waals surface area contributed by atoms with E-state index in [1.807, 2.05) is 41.2 Å². The molecule has 0 radical (unpaired) electrons. The Morgan fingerprint density at radius 1 is 0.886 bits per heavy atom. The highest BCUT2D eigenvalue weighted by Gasteiger charge is 2.32. The highest BCUT2D eigenvalue weighted by atomic mass is 35.5. The fraction of sp³-hybridized carbons (Fsp3) is 0.0833. The van der Waals surface area contributed by atoms with E-state index in [0.29, 0.717) is 49.0 Å². The molecule has 0 aliphatic heterocycles.